The topological polar surface area (TPSA) is 52.0 Å². The van der Waals surface area contributed by atoms with E-state index in [1.165, 1.54) is 8.92 Å². The van der Waals surface area contributed by atoms with E-state index in [4.69, 9.17) is 11.5 Å². The molecular formula is C12H12N2Se2. The Kier molecular flexibility index (Phi) is 3.57. The van der Waals surface area contributed by atoms with E-state index in [0.29, 0.717) is 0 Å². The van der Waals surface area contributed by atoms with Gasteiger partial charge in [-0.15, -0.1) is 0 Å². The van der Waals surface area contributed by atoms with Gasteiger partial charge < -0.3 is 0 Å². The molecule has 0 bridgehead atoms. The molecule has 0 fully saturated rings. The fraction of sp³-hybridized carbons (Fsp3) is 0. The maximum atomic E-state index is 5.67. The molecule has 0 radical (unpaired) electrons. The molecule has 0 aliphatic heterocycles. The summed E-state index contributed by atoms with van der Waals surface area (Å²) in [5.74, 6) is 0. The molecule has 2 aromatic carbocycles. The first kappa shape index (κ1) is 11.6. The summed E-state index contributed by atoms with van der Waals surface area (Å²) in [6.07, 6.45) is 0. The third-order valence-corrected chi connectivity index (χ3v) is 9.32. The molecule has 2 rings (SSSR count). The van der Waals surface area contributed by atoms with Crippen LogP contribution in [0.15, 0.2) is 48.5 Å². The Morgan fingerprint density at radius 3 is 1.31 bits per heavy atom. The zero-order valence-corrected chi connectivity index (χ0v) is 12.0. The number of hydrogen-bond acceptors (Lipinski definition) is 2. The predicted octanol–water partition coefficient (Wildman–Crippen LogP) is 0.125. The standard InChI is InChI=1S/C12H12N2Se2/c13-9-1-5-11(6-2-9)16(15)12-7-3-10(14)4-8-12/h1-8H,13-14H2. The monoisotopic (exact) mass is 344 g/mol. The first-order chi connectivity index (χ1) is 7.66. The maximum absolute atomic E-state index is 5.67. The number of hydrogen-bond donors (Lipinski definition) is 2. The van der Waals surface area contributed by atoms with E-state index in [-0.39, 0.29) is 0 Å². The normalized spacial score (nSPS) is 10.6. The summed E-state index contributed by atoms with van der Waals surface area (Å²) in [4.78, 5) is 0. The molecule has 0 heterocycles. The van der Waals surface area contributed by atoms with E-state index >= 15 is 0 Å². The predicted molar refractivity (Wildman–Crippen MR) is 72.5 cm³/mol. The van der Waals surface area contributed by atoms with E-state index in [0.717, 1.165) is 11.4 Å². The Hall–Kier alpha value is -0.921. The Morgan fingerprint density at radius 1 is 0.688 bits per heavy atom. The Morgan fingerprint density at radius 2 is 1.00 bits per heavy atom. The molecule has 0 saturated heterocycles. The van der Waals surface area contributed by atoms with Crippen molar-refractivity contribution in [3.05, 3.63) is 48.5 Å². The Labute approximate surface area is 105 Å². The minimum absolute atomic E-state index is 0.805. The quantitative estimate of drug-likeness (QED) is 0.602. The Bertz CT molecular complexity index is 456. The summed E-state index contributed by atoms with van der Waals surface area (Å²) in [7, 11) is 0. The Balaban J connectivity index is 2.32. The summed E-state index contributed by atoms with van der Waals surface area (Å²) < 4.78 is 2.66. The first-order valence-corrected chi connectivity index (χ1v) is 10.8. The van der Waals surface area contributed by atoms with Gasteiger partial charge in [0.2, 0.25) is 0 Å². The molecular weight excluding hydrogens is 330 g/mol. The van der Waals surface area contributed by atoms with Crippen molar-refractivity contribution in [2.75, 3.05) is 11.5 Å². The number of benzene rings is 2. The van der Waals surface area contributed by atoms with Crippen molar-refractivity contribution in [2.24, 2.45) is 0 Å². The second kappa shape index (κ2) is 4.94. The van der Waals surface area contributed by atoms with Gasteiger partial charge in [-0.25, -0.2) is 0 Å². The van der Waals surface area contributed by atoms with E-state index in [2.05, 4.69) is 37.9 Å². The van der Waals surface area contributed by atoms with E-state index in [1.54, 1.807) is 0 Å². The number of nitrogens with two attached hydrogens (primary N) is 2. The molecule has 16 heavy (non-hydrogen) atoms. The summed E-state index contributed by atoms with van der Waals surface area (Å²) in [6.45, 7) is 0. The second-order valence-electron chi connectivity index (χ2n) is 3.41. The van der Waals surface area contributed by atoms with Crippen molar-refractivity contribution in [2.45, 2.75) is 0 Å². The fourth-order valence-corrected chi connectivity index (χ4v) is 5.92. The van der Waals surface area contributed by atoms with Gasteiger partial charge in [-0.1, -0.05) is 0 Å². The molecule has 4 N–H and O–H groups in total. The molecule has 0 unspecified atom stereocenters. The van der Waals surface area contributed by atoms with Gasteiger partial charge in [0, 0.05) is 0 Å². The molecule has 0 atom stereocenters. The van der Waals surface area contributed by atoms with Crippen LogP contribution in [-0.2, 0) is 0 Å². The van der Waals surface area contributed by atoms with Crippen molar-refractivity contribution in [1.29, 1.82) is 0 Å². The van der Waals surface area contributed by atoms with Crippen molar-refractivity contribution in [3.63, 3.8) is 0 Å². The van der Waals surface area contributed by atoms with Crippen molar-refractivity contribution in [3.8, 4) is 0 Å². The van der Waals surface area contributed by atoms with Crippen molar-refractivity contribution in [1.82, 2.24) is 0 Å². The van der Waals surface area contributed by atoms with Crippen LogP contribution in [0.5, 0.6) is 0 Å². The van der Waals surface area contributed by atoms with Gasteiger partial charge in [0.15, 0.2) is 0 Å². The number of anilines is 2. The van der Waals surface area contributed by atoms with Crippen LogP contribution >= 0.6 is 0 Å². The van der Waals surface area contributed by atoms with Crippen molar-refractivity contribution >= 4 is 45.5 Å². The molecule has 82 valence electrons. The third-order valence-electron chi connectivity index (χ3n) is 2.19. The fourth-order valence-electron chi connectivity index (χ4n) is 1.32. The van der Waals surface area contributed by atoms with Crippen LogP contribution in [-0.4, -0.2) is 25.2 Å². The van der Waals surface area contributed by atoms with Gasteiger partial charge in [0.05, 0.1) is 0 Å². The van der Waals surface area contributed by atoms with E-state index in [9.17, 15) is 0 Å². The SMILES string of the molecule is Nc1ccc([Se](=[Se])c2ccc(N)cc2)cc1. The molecule has 0 aromatic heterocycles. The van der Waals surface area contributed by atoms with Gasteiger partial charge in [-0.05, 0) is 0 Å². The first-order valence-electron chi connectivity index (χ1n) is 4.79. The minimum atomic E-state index is -1.05. The molecule has 4 heteroatoms. The van der Waals surface area contributed by atoms with Crippen LogP contribution in [0, 0.1) is 0 Å². The van der Waals surface area contributed by atoms with Gasteiger partial charge in [0.1, 0.15) is 0 Å². The van der Waals surface area contributed by atoms with Crippen LogP contribution in [0.2, 0.25) is 0 Å². The van der Waals surface area contributed by atoms with Gasteiger partial charge >= 0.3 is 105 Å². The second-order valence-corrected chi connectivity index (χ2v) is 10.1. The van der Waals surface area contributed by atoms with Crippen molar-refractivity contribution < 1.29 is 0 Å². The zero-order valence-electron chi connectivity index (χ0n) is 8.59. The molecule has 0 aliphatic rings. The summed E-state index contributed by atoms with van der Waals surface area (Å²) in [6, 6.07) is 16.1. The van der Waals surface area contributed by atoms with Crippen LogP contribution in [0.25, 0.3) is 0 Å². The zero-order chi connectivity index (χ0) is 11.5. The van der Waals surface area contributed by atoms with E-state index < -0.39 is 11.5 Å². The number of nitrogen functional groups attached to an aromatic ring is 2. The van der Waals surface area contributed by atoms with Gasteiger partial charge in [-0.3, -0.25) is 0 Å². The van der Waals surface area contributed by atoms with Gasteiger partial charge in [0.25, 0.3) is 0 Å². The molecule has 0 aliphatic carbocycles. The molecule has 0 spiro atoms. The molecule has 2 nitrogen and oxygen atoms in total. The van der Waals surface area contributed by atoms with Crippen LogP contribution in [0.3, 0.4) is 0 Å². The van der Waals surface area contributed by atoms with Crippen LogP contribution < -0.4 is 20.4 Å². The average molecular weight is 342 g/mol. The molecule has 2 aromatic rings. The summed E-state index contributed by atoms with van der Waals surface area (Å²) in [5, 5.41) is 0. The van der Waals surface area contributed by atoms with Gasteiger partial charge in [-0.2, -0.15) is 0 Å². The van der Waals surface area contributed by atoms with Crippen LogP contribution in [0.1, 0.15) is 0 Å². The summed E-state index contributed by atoms with van der Waals surface area (Å²) in [5.41, 5.74) is 13.0. The number of rotatable bonds is 2. The molecule has 0 amide bonds. The molecule has 0 saturated carbocycles. The van der Waals surface area contributed by atoms with E-state index in [1.807, 2.05) is 24.3 Å². The summed E-state index contributed by atoms with van der Waals surface area (Å²) >= 11 is 2.24. The third kappa shape index (κ3) is 2.60. The van der Waals surface area contributed by atoms with Crippen LogP contribution in [0.4, 0.5) is 11.4 Å². The average Bonchev–Trinajstić information content (AvgIpc) is 2.30.